The summed E-state index contributed by atoms with van der Waals surface area (Å²) in [5, 5.41) is 0. The first kappa shape index (κ1) is 11.4. The fourth-order valence-corrected chi connectivity index (χ4v) is 2.19. The van der Waals surface area contributed by atoms with E-state index in [1.165, 1.54) is 0 Å². The van der Waals surface area contributed by atoms with Crippen molar-refractivity contribution in [1.82, 2.24) is 0 Å². The van der Waals surface area contributed by atoms with Gasteiger partial charge in [0.05, 0.1) is 12.8 Å². The topological polar surface area (TPSA) is 55.6 Å². The molecule has 2 N–H and O–H groups in total. The lowest BCUT2D eigenvalue weighted by molar-refractivity contribution is -0.117. The minimum Gasteiger partial charge on any atom is -0.495 e. The summed E-state index contributed by atoms with van der Waals surface area (Å²) in [5.41, 5.74) is 6.54. The first-order chi connectivity index (χ1) is 7.61. The smallest absolute Gasteiger partial charge is 0.228 e. The molecule has 1 aliphatic rings. The molecule has 1 fully saturated rings. The molecule has 1 heterocycles. The molecule has 0 bridgehead atoms. The van der Waals surface area contributed by atoms with E-state index < -0.39 is 0 Å². The number of anilines is 1. The van der Waals surface area contributed by atoms with Crippen LogP contribution in [0.4, 0.5) is 5.69 Å². The first-order valence-corrected chi connectivity index (χ1v) is 5.80. The van der Waals surface area contributed by atoms with E-state index >= 15 is 0 Å². The summed E-state index contributed by atoms with van der Waals surface area (Å²) in [6, 6.07) is 5.49. The molecule has 1 saturated heterocycles. The Morgan fingerprint density at radius 1 is 1.56 bits per heavy atom. The fourth-order valence-electron chi connectivity index (χ4n) is 1.84. The van der Waals surface area contributed by atoms with Gasteiger partial charge in [-0.1, -0.05) is 15.9 Å². The summed E-state index contributed by atoms with van der Waals surface area (Å²) in [5.74, 6) is 0.731. The van der Waals surface area contributed by atoms with E-state index in [9.17, 15) is 4.79 Å². The van der Waals surface area contributed by atoms with Crippen molar-refractivity contribution in [3.05, 3.63) is 22.7 Å². The Morgan fingerprint density at radius 2 is 2.31 bits per heavy atom. The number of nitrogens with two attached hydrogens (primary N) is 1. The monoisotopic (exact) mass is 284 g/mol. The molecule has 1 atom stereocenters. The fraction of sp³-hybridized carbons (Fsp3) is 0.364. The van der Waals surface area contributed by atoms with Gasteiger partial charge in [0, 0.05) is 23.5 Å². The van der Waals surface area contributed by atoms with Crippen molar-refractivity contribution in [2.45, 2.75) is 12.5 Å². The van der Waals surface area contributed by atoms with Gasteiger partial charge in [0.25, 0.3) is 0 Å². The number of hydrogen-bond donors (Lipinski definition) is 1. The Balaban J connectivity index is 2.39. The average Bonchev–Trinajstić information content (AvgIpc) is 2.57. The highest BCUT2D eigenvalue weighted by Crippen LogP contribution is 2.33. The third-order valence-corrected chi connectivity index (χ3v) is 3.08. The second-order valence-electron chi connectivity index (χ2n) is 3.78. The number of carbonyl (C=O) groups excluding carboxylic acids is 1. The summed E-state index contributed by atoms with van der Waals surface area (Å²) in [4.78, 5) is 13.4. The molecule has 5 heteroatoms. The van der Waals surface area contributed by atoms with E-state index in [2.05, 4.69) is 15.9 Å². The average molecular weight is 285 g/mol. The van der Waals surface area contributed by atoms with Gasteiger partial charge in [0.1, 0.15) is 5.75 Å². The Morgan fingerprint density at radius 3 is 2.88 bits per heavy atom. The zero-order chi connectivity index (χ0) is 11.7. The highest BCUT2D eigenvalue weighted by molar-refractivity contribution is 9.10. The molecular weight excluding hydrogens is 272 g/mol. The lowest BCUT2D eigenvalue weighted by Gasteiger charge is -2.19. The number of hydrogen-bond acceptors (Lipinski definition) is 3. The zero-order valence-corrected chi connectivity index (χ0v) is 10.5. The van der Waals surface area contributed by atoms with Crippen LogP contribution in [0.2, 0.25) is 0 Å². The molecule has 16 heavy (non-hydrogen) atoms. The highest BCUT2D eigenvalue weighted by atomic mass is 79.9. The molecule has 1 aromatic carbocycles. The van der Waals surface area contributed by atoms with Crippen molar-refractivity contribution < 1.29 is 9.53 Å². The molecule has 1 amide bonds. The minimum absolute atomic E-state index is 0.0453. The van der Waals surface area contributed by atoms with E-state index in [1.807, 2.05) is 18.2 Å². The van der Waals surface area contributed by atoms with Crippen LogP contribution in [0.25, 0.3) is 0 Å². The lowest BCUT2D eigenvalue weighted by Crippen LogP contribution is -2.28. The van der Waals surface area contributed by atoms with Gasteiger partial charge < -0.3 is 15.4 Å². The van der Waals surface area contributed by atoms with Crippen molar-refractivity contribution in [3.8, 4) is 5.75 Å². The second kappa shape index (κ2) is 4.43. The Hall–Kier alpha value is -1.07. The standard InChI is InChI=1S/C11H13BrN2O2/c1-16-10-3-2-7(12)4-9(10)14-6-8(13)5-11(14)15/h2-4,8H,5-6,13H2,1H3. The third kappa shape index (κ3) is 2.05. The molecule has 2 rings (SSSR count). The molecule has 4 nitrogen and oxygen atoms in total. The molecule has 1 unspecified atom stereocenters. The van der Waals surface area contributed by atoms with Crippen molar-refractivity contribution in [2.24, 2.45) is 5.73 Å². The van der Waals surface area contributed by atoms with Crippen molar-refractivity contribution in [3.63, 3.8) is 0 Å². The first-order valence-electron chi connectivity index (χ1n) is 5.01. The maximum atomic E-state index is 11.7. The number of methoxy groups -OCH3 is 1. The van der Waals surface area contributed by atoms with Crippen LogP contribution < -0.4 is 15.4 Å². The minimum atomic E-state index is -0.0869. The van der Waals surface area contributed by atoms with E-state index in [4.69, 9.17) is 10.5 Å². The molecular formula is C11H13BrN2O2. The number of amides is 1. The summed E-state index contributed by atoms with van der Waals surface area (Å²) in [6.45, 7) is 0.547. The van der Waals surface area contributed by atoms with Gasteiger partial charge in [-0.3, -0.25) is 4.79 Å². The summed E-state index contributed by atoms with van der Waals surface area (Å²) < 4.78 is 6.15. The molecule has 0 aromatic heterocycles. The van der Waals surface area contributed by atoms with Gasteiger partial charge in [-0.15, -0.1) is 0 Å². The number of halogens is 1. The Bertz CT molecular complexity index is 422. The molecule has 0 aliphatic carbocycles. The van der Waals surface area contributed by atoms with Crippen LogP contribution >= 0.6 is 15.9 Å². The van der Waals surface area contributed by atoms with E-state index in [0.29, 0.717) is 18.7 Å². The second-order valence-corrected chi connectivity index (χ2v) is 4.70. The summed E-state index contributed by atoms with van der Waals surface area (Å²) in [6.07, 6.45) is 0.398. The summed E-state index contributed by atoms with van der Waals surface area (Å²) in [7, 11) is 1.59. The van der Waals surface area contributed by atoms with Crippen LogP contribution in [0.15, 0.2) is 22.7 Å². The molecule has 0 spiro atoms. The Labute approximate surface area is 102 Å². The van der Waals surface area contributed by atoms with Gasteiger partial charge >= 0.3 is 0 Å². The van der Waals surface area contributed by atoms with Crippen LogP contribution in [-0.2, 0) is 4.79 Å². The maximum absolute atomic E-state index is 11.7. The van der Waals surface area contributed by atoms with Gasteiger partial charge in [-0.05, 0) is 18.2 Å². The molecule has 86 valence electrons. The van der Waals surface area contributed by atoms with Gasteiger partial charge in [0.15, 0.2) is 0 Å². The SMILES string of the molecule is COc1ccc(Br)cc1N1CC(N)CC1=O. The maximum Gasteiger partial charge on any atom is 0.228 e. The van der Waals surface area contributed by atoms with Gasteiger partial charge in [-0.2, -0.15) is 0 Å². The van der Waals surface area contributed by atoms with Crippen LogP contribution in [-0.4, -0.2) is 25.6 Å². The number of ether oxygens (including phenoxy) is 1. The molecule has 0 saturated carbocycles. The third-order valence-electron chi connectivity index (χ3n) is 2.59. The van der Waals surface area contributed by atoms with Crippen LogP contribution in [0.5, 0.6) is 5.75 Å². The number of carbonyl (C=O) groups is 1. The van der Waals surface area contributed by atoms with Crippen molar-refractivity contribution in [2.75, 3.05) is 18.6 Å². The van der Waals surface area contributed by atoms with E-state index in [0.717, 1.165) is 10.2 Å². The zero-order valence-electron chi connectivity index (χ0n) is 8.94. The van der Waals surface area contributed by atoms with Crippen LogP contribution in [0, 0.1) is 0 Å². The Kier molecular flexibility index (Phi) is 3.16. The molecule has 1 aromatic rings. The van der Waals surface area contributed by atoms with E-state index in [1.54, 1.807) is 12.0 Å². The lowest BCUT2D eigenvalue weighted by atomic mass is 10.2. The number of benzene rings is 1. The largest absolute Gasteiger partial charge is 0.495 e. The molecule has 1 aliphatic heterocycles. The number of nitrogens with zero attached hydrogens (tertiary/aromatic N) is 1. The van der Waals surface area contributed by atoms with Gasteiger partial charge in [-0.25, -0.2) is 0 Å². The quantitative estimate of drug-likeness (QED) is 0.896. The highest BCUT2D eigenvalue weighted by Gasteiger charge is 2.29. The van der Waals surface area contributed by atoms with Gasteiger partial charge in [0.2, 0.25) is 5.91 Å². The predicted octanol–water partition coefficient (Wildman–Crippen LogP) is 1.52. The number of rotatable bonds is 2. The van der Waals surface area contributed by atoms with Crippen molar-refractivity contribution >= 4 is 27.5 Å². The van der Waals surface area contributed by atoms with Crippen LogP contribution in [0.1, 0.15) is 6.42 Å². The van der Waals surface area contributed by atoms with E-state index in [-0.39, 0.29) is 11.9 Å². The molecule has 0 radical (unpaired) electrons. The van der Waals surface area contributed by atoms with Crippen LogP contribution in [0.3, 0.4) is 0 Å². The normalized spacial score (nSPS) is 20.3. The summed E-state index contributed by atoms with van der Waals surface area (Å²) >= 11 is 3.38. The van der Waals surface area contributed by atoms with Crippen molar-refractivity contribution in [1.29, 1.82) is 0 Å². The predicted molar refractivity (Wildman–Crippen MR) is 65.6 cm³/mol.